The molecule has 1 atom stereocenters. The summed E-state index contributed by atoms with van der Waals surface area (Å²) in [6, 6.07) is 16.0. The maximum Gasteiger partial charge on any atom is 0.410 e. The van der Waals surface area contributed by atoms with Gasteiger partial charge in [-0.05, 0) is 52.0 Å². The topological polar surface area (TPSA) is 67.8 Å². The van der Waals surface area contributed by atoms with Crippen LogP contribution in [0.25, 0.3) is 22.0 Å². The van der Waals surface area contributed by atoms with E-state index in [0.29, 0.717) is 19.6 Å². The van der Waals surface area contributed by atoms with Crippen LogP contribution >= 0.6 is 0 Å². The van der Waals surface area contributed by atoms with Crippen LogP contribution in [0.5, 0.6) is 5.75 Å². The number of hydrogen-bond acceptors (Lipinski definition) is 6. The largest absolute Gasteiger partial charge is 0.497 e. The van der Waals surface area contributed by atoms with Crippen LogP contribution < -0.4 is 9.64 Å². The van der Waals surface area contributed by atoms with E-state index < -0.39 is 5.60 Å². The van der Waals surface area contributed by atoms with Gasteiger partial charge in [-0.2, -0.15) is 0 Å². The van der Waals surface area contributed by atoms with E-state index in [0.717, 1.165) is 33.6 Å². The van der Waals surface area contributed by atoms with E-state index in [2.05, 4.69) is 27.2 Å². The Morgan fingerprint density at radius 2 is 1.69 bits per heavy atom. The van der Waals surface area contributed by atoms with Gasteiger partial charge in [-0.15, -0.1) is 10.2 Å². The Labute approximate surface area is 188 Å². The Morgan fingerprint density at radius 3 is 2.31 bits per heavy atom. The monoisotopic (exact) mass is 434 g/mol. The molecular formula is C25H30N4O3. The van der Waals surface area contributed by atoms with Crippen molar-refractivity contribution in [1.82, 2.24) is 15.1 Å². The summed E-state index contributed by atoms with van der Waals surface area (Å²) in [5.74, 6) is 1.65. The van der Waals surface area contributed by atoms with Crippen LogP contribution in [0, 0.1) is 0 Å². The number of aromatic nitrogens is 2. The molecule has 32 heavy (non-hydrogen) atoms. The molecule has 0 spiro atoms. The maximum atomic E-state index is 12.6. The highest BCUT2D eigenvalue weighted by molar-refractivity contribution is 6.00. The van der Waals surface area contributed by atoms with Gasteiger partial charge in [0.2, 0.25) is 0 Å². The van der Waals surface area contributed by atoms with Gasteiger partial charge in [0.1, 0.15) is 17.0 Å². The lowest BCUT2D eigenvalue weighted by molar-refractivity contribution is 0.0158. The number of piperazine rings is 1. The first-order chi connectivity index (χ1) is 15.3. The van der Waals surface area contributed by atoms with E-state index in [1.165, 1.54) is 0 Å². The minimum absolute atomic E-state index is 0.000395. The van der Waals surface area contributed by atoms with Crippen LogP contribution in [0.15, 0.2) is 48.5 Å². The molecule has 1 saturated heterocycles. The Bertz CT molecular complexity index is 1110. The summed E-state index contributed by atoms with van der Waals surface area (Å²) in [5, 5.41) is 11.3. The van der Waals surface area contributed by atoms with Gasteiger partial charge in [-0.1, -0.05) is 24.3 Å². The maximum absolute atomic E-state index is 12.6. The minimum atomic E-state index is -0.507. The molecule has 0 bridgehead atoms. The van der Waals surface area contributed by atoms with Crippen LogP contribution in [-0.2, 0) is 4.74 Å². The zero-order valence-electron chi connectivity index (χ0n) is 19.3. The molecule has 1 aliphatic heterocycles. The van der Waals surface area contributed by atoms with Crippen molar-refractivity contribution in [3.63, 3.8) is 0 Å². The first-order valence-electron chi connectivity index (χ1n) is 10.9. The minimum Gasteiger partial charge on any atom is -0.497 e. The Kier molecular flexibility index (Phi) is 5.91. The third kappa shape index (κ3) is 4.47. The molecule has 1 aliphatic rings. The molecule has 1 fully saturated rings. The van der Waals surface area contributed by atoms with E-state index in [-0.39, 0.29) is 12.1 Å². The van der Waals surface area contributed by atoms with Crippen molar-refractivity contribution in [1.29, 1.82) is 0 Å². The summed E-state index contributed by atoms with van der Waals surface area (Å²) in [6.07, 6.45) is -0.268. The van der Waals surface area contributed by atoms with E-state index in [4.69, 9.17) is 9.47 Å². The summed E-state index contributed by atoms with van der Waals surface area (Å²) in [5.41, 5.74) is 1.32. The SMILES string of the molecule is COc1ccc(-c2nnc(N3CCN(C(=O)OC(C)(C)C)[C@@H](C)C3)c3ccccc23)cc1. The summed E-state index contributed by atoms with van der Waals surface area (Å²) in [7, 11) is 1.66. The van der Waals surface area contributed by atoms with Gasteiger partial charge >= 0.3 is 6.09 Å². The lowest BCUT2D eigenvalue weighted by atomic mass is 10.0. The number of anilines is 1. The van der Waals surface area contributed by atoms with Gasteiger partial charge < -0.3 is 19.3 Å². The number of methoxy groups -OCH3 is 1. The summed E-state index contributed by atoms with van der Waals surface area (Å²) in [6.45, 7) is 9.61. The van der Waals surface area contributed by atoms with Crippen molar-refractivity contribution < 1.29 is 14.3 Å². The third-order valence-corrected chi connectivity index (χ3v) is 5.59. The quantitative estimate of drug-likeness (QED) is 0.593. The molecule has 0 unspecified atom stereocenters. The number of ether oxygens (including phenoxy) is 2. The van der Waals surface area contributed by atoms with Gasteiger partial charge in [0, 0.05) is 42.0 Å². The Balaban J connectivity index is 1.61. The number of amides is 1. The van der Waals surface area contributed by atoms with Gasteiger partial charge in [-0.3, -0.25) is 0 Å². The molecule has 7 nitrogen and oxygen atoms in total. The van der Waals surface area contributed by atoms with Gasteiger partial charge in [-0.25, -0.2) is 4.79 Å². The first kappa shape index (κ1) is 21.9. The van der Waals surface area contributed by atoms with Gasteiger partial charge in [0.25, 0.3) is 0 Å². The molecule has 0 saturated carbocycles. The number of nitrogens with zero attached hydrogens (tertiary/aromatic N) is 4. The fraction of sp³-hybridized carbons (Fsp3) is 0.400. The molecule has 2 aromatic carbocycles. The second-order valence-corrected chi connectivity index (χ2v) is 9.12. The van der Waals surface area contributed by atoms with Crippen molar-refractivity contribution in [2.45, 2.75) is 39.3 Å². The van der Waals surface area contributed by atoms with Crippen LogP contribution in [-0.4, -0.2) is 59.6 Å². The lowest BCUT2D eigenvalue weighted by Gasteiger charge is -2.40. The second kappa shape index (κ2) is 8.65. The number of carbonyl (C=O) groups excluding carboxylic acids is 1. The van der Waals surface area contributed by atoms with Crippen molar-refractivity contribution in [3.8, 4) is 17.0 Å². The number of rotatable bonds is 3. The fourth-order valence-electron chi connectivity index (χ4n) is 4.03. The molecule has 3 aromatic rings. The van der Waals surface area contributed by atoms with Crippen molar-refractivity contribution in [3.05, 3.63) is 48.5 Å². The molecule has 1 amide bonds. The van der Waals surface area contributed by atoms with Crippen molar-refractivity contribution in [2.75, 3.05) is 31.6 Å². The van der Waals surface area contributed by atoms with E-state index in [1.807, 2.05) is 64.1 Å². The third-order valence-electron chi connectivity index (χ3n) is 5.59. The highest BCUT2D eigenvalue weighted by Gasteiger charge is 2.32. The normalized spacial score (nSPS) is 16.8. The molecule has 0 N–H and O–H groups in total. The van der Waals surface area contributed by atoms with Crippen LogP contribution in [0.3, 0.4) is 0 Å². The second-order valence-electron chi connectivity index (χ2n) is 9.12. The van der Waals surface area contributed by atoms with Gasteiger partial charge in [0.15, 0.2) is 5.82 Å². The van der Waals surface area contributed by atoms with Crippen molar-refractivity contribution >= 4 is 22.7 Å². The predicted molar refractivity (Wildman–Crippen MR) is 126 cm³/mol. The molecule has 4 rings (SSSR count). The van der Waals surface area contributed by atoms with E-state index in [1.54, 1.807) is 12.0 Å². The van der Waals surface area contributed by atoms with Crippen molar-refractivity contribution in [2.24, 2.45) is 0 Å². The lowest BCUT2D eigenvalue weighted by Crippen LogP contribution is -2.55. The molecule has 0 radical (unpaired) electrons. The Morgan fingerprint density at radius 1 is 1.00 bits per heavy atom. The average Bonchev–Trinajstić information content (AvgIpc) is 2.77. The molecule has 7 heteroatoms. The van der Waals surface area contributed by atoms with E-state index >= 15 is 0 Å². The predicted octanol–water partition coefficient (Wildman–Crippen LogP) is 4.75. The van der Waals surface area contributed by atoms with E-state index in [9.17, 15) is 4.79 Å². The molecule has 0 aliphatic carbocycles. The summed E-state index contributed by atoms with van der Waals surface area (Å²) < 4.78 is 10.8. The van der Waals surface area contributed by atoms with Crippen LogP contribution in [0.2, 0.25) is 0 Å². The highest BCUT2D eigenvalue weighted by Crippen LogP contribution is 2.33. The average molecular weight is 435 g/mol. The molecule has 168 valence electrons. The molecule has 1 aromatic heterocycles. The summed E-state index contributed by atoms with van der Waals surface area (Å²) >= 11 is 0. The van der Waals surface area contributed by atoms with Gasteiger partial charge in [0.05, 0.1) is 7.11 Å². The standard InChI is InChI=1S/C25H30N4O3/c1-17-16-28(14-15-29(17)24(30)32-25(2,3)4)23-21-9-7-6-8-20(21)22(26-27-23)18-10-12-19(31-5)13-11-18/h6-13,17H,14-16H2,1-5H3/t17-/m0/s1. The zero-order chi connectivity index (χ0) is 22.9. The zero-order valence-corrected chi connectivity index (χ0v) is 19.3. The number of fused-ring (bicyclic) bond motifs is 1. The number of hydrogen-bond donors (Lipinski definition) is 0. The number of benzene rings is 2. The number of carbonyl (C=O) groups is 1. The Hall–Kier alpha value is -3.35. The molecule has 2 heterocycles. The van der Waals surface area contributed by atoms with Crippen LogP contribution in [0.4, 0.5) is 10.6 Å². The fourth-order valence-corrected chi connectivity index (χ4v) is 4.03. The first-order valence-corrected chi connectivity index (χ1v) is 10.9. The highest BCUT2D eigenvalue weighted by atomic mass is 16.6. The molecular weight excluding hydrogens is 404 g/mol. The van der Waals surface area contributed by atoms with Crippen LogP contribution in [0.1, 0.15) is 27.7 Å². The summed E-state index contributed by atoms with van der Waals surface area (Å²) in [4.78, 5) is 16.6. The smallest absolute Gasteiger partial charge is 0.410 e.